The Morgan fingerprint density at radius 1 is 1.21 bits per heavy atom. The highest BCUT2D eigenvalue weighted by Gasteiger charge is 2.27. The van der Waals surface area contributed by atoms with E-state index in [2.05, 4.69) is 39.5 Å². The summed E-state index contributed by atoms with van der Waals surface area (Å²) in [5.41, 5.74) is 3.68. The summed E-state index contributed by atoms with van der Waals surface area (Å²) < 4.78 is 10.0. The van der Waals surface area contributed by atoms with Crippen molar-refractivity contribution in [3.8, 4) is 11.1 Å². The van der Waals surface area contributed by atoms with Gasteiger partial charge in [0.15, 0.2) is 0 Å². The maximum absolute atomic E-state index is 12.0. The number of carboxylic acid groups (broad SMARTS) is 1. The molecule has 1 aromatic carbocycles. The van der Waals surface area contributed by atoms with Gasteiger partial charge in [-0.1, -0.05) is 39.2 Å². The highest BCUT2D eigenvalue weighted by molar-refractivity contribution is 7.09. The van der Waals surface area contributed by atoms with Gasteiger partial charge in [-0.05, 0) is 57.2 Å². The SMILES string of the molecule is Cc1nsc(Nc2cc(-c3c(C)oc(C)c3C(=O)O)ccc2N(CC(C)C)C2CCCCC2)n1. The van der Waals surface area contributed by atoms with Crippen LogP contribution in [0.2, 0.25) is 0 Å². The molecule has 0 bridgehead atoms. The molecule has 4 rings (SSSR count). The number of hydrogen-bond donors (Lipinski definition) is 2. The molecule has 0 atom stereocenters. The molecule has 2 aromatic heterocycles. The molecule has 0 spiro atoms. The standard InChI is InChI=1S/C26H34N4O3S/c1-15(2)14-30(20-9-7-6-8-10-20)22-12-11-19(13-21(22)28-26-27-18(5)29-34-26)23-16(3)33-17(4)24(23)25(31)32/h11-13,15,20H,6-10,14H2,1-5H3,(H,31,32)(H,27,28,29). The Morgan fingerprint density at radius 2 is 1.94 bits per heavy atom. The van der Waals surface area contributed by atoms with Crippen molar-refractivity contribution < 1.29 is 14.3 Å². The normalized spacial score (nSPS) is 14.5. The first-order valence-corrected chi connectivity index (χ1v) is 12.8. The van der Waals surface area contributed by atoms with Crippen molar-refractivity contribution >= 4 is 34.0 Å². The minimum atomic E-state index is -0.980. The van der Waals surface area contributed by atoms with Gasteiger partial charge in [-0.2, -0.15) is 4.37 Å². The van der Waals surface area contributed by atoms with E-state index in [0.717, 1.165) is 34.4 Å². The average Bonchev–Trinajstić information content (AvgIpc) is 3.33. The van der Waals surface area contributed by atoms with Crippen LogP contribution in [0.4, 0.5) is 16.5 Å². The van der Waals surface area contributed by atoms with E-state index in [-0.39, 0.29) is 5.56 Å². The number of carboxylic acids is 1. The molecule has 182 valence electrons. The van der Waals surface area contributed by atoms with Crippen LogP contribution in [0.25, 0.3) is 11.1 Å². The molecule has 0 aliphatic heterocycles. The van der Waals surface area contributed by atoms with E-state index in [4.69, 9.17) is 4.42 Å². The number of aromatic carboxylic acids is 1. The summed E-state index contributed by atoms with van der Waals surface area (Å²) in [4.78, 5) is 19.1. The summed E-state index contributed by atoms with van der Waals surface area (Å²) in [6.07, 6.45) is 6.19. The Balaban J connectivity index is 1.84. The zero-order valence-electron chi connectivity index (χ0n) is 20.6. The number of nitrogens with zero attached hydrogens (tertiary/aromatic N) is 3. The maximum atomic E-state index is 12.0. The number of aryl methyl sites for hydroxylation is 3. The van der Waals surface area contributed by atoms with Crippen molar-refractivity contribution in [1.29, 1.82) is 0 Å². The van der Waals surface area contributed by atoms with Gasteiger partial charge in [0.05, 0.1) is 11.4 Å². The third-order valence-electron chi connectivity index (χ3n) is 6.42. The van der Waals surface area contributed by atoms with Crippen molar-refractivity contribution in [1.82, 2.24) is 9.36 Å². The summed E-state index contributed by atoms with van der Waals surface area (Å²) in [6.45, 7) is 10.9. The van der Waals surface area contributed by atoms with Crippen LogP contribution in [-0.4, -0.2) is 33.0 Å². The molecule has 0 radical (unpaired) electrons. The molecule has 34 heavy (non-hydrogen) atoms. The van der Waals surface area contributed by atoms with Crippen molar-refractivity contribution in [2.45, 2.75) is 72.8 Å². The Hall–Kier alpha value is -2.87. The minimum Gasteiger partial charge on any atom is -0.478 e. The minimum absolute atomic E-state index is 0.217. The number of aromatic nitrogens is 2. The molecule has 1 fully saturated rings. The first kappa shape index (κ1) is 24.3. The van der Waals surface area contributed by atoms with Crippen molar-refractivity contribution in [3.05, 3.63) is 41.1 Å². The molecule has 0 amide bonds. The summed E-state index contributed by atoms with van der Waals surface area (Å²) in [5, 5.41) is 14.1. The van der Waals surface area contributed by atoms with Crippen molar-refractivity contribution in [3.63, 3.8) is 0 Å². The lowest BCUT2D eigenvalue weighted by atomic mass is 9.92. The van der Waals surface area contributed by atoms with Crippen molar-refractivity contribution in [2.24, 2.45) is 5.92 Å². The van der Waals surface area contributed by atoms with Crippen LogP contribution < -0.4 is 10.2 Å². The highest BCUT2D eigenvalue weighted by atomic mass is 32.1. The van der Waals surface area contributed by atoms with E-state index >= 15 is 0 Å². The van der Waals surface area contributed by atoms with Crippen LogP contribution in [0, 0.1) is 26.7 Å². The largest absolute Gasteiger partial charge is 0.478 e. The number of furan rings is 1. The number of rotatable bonds is 8. The molecule has 1 aliphatic carbocycles. The average molecular weight is 483 g/mol. The summed E-state index contributed by atoms with van der Waals surface area (Å²) >= 11 is 1.33. The van der Waals surface area contributed by atoms with E-state index in [1.54, 1.807) is 6.92 Å². The van der Waals surface area contributed by atoms with Crippen LogP contribution >= 0.6 is 11.5 Å². The van der Waals surface area contributed by atoms with Crippen LogP contribution in [0.5, 0.6) is 0 Å². The lowest BCUT2D eigenvalue weighted by Crippen LogP contribution is -2.39. The lowest BCUT2D eigenvalue weighted by Gasteiger charge is -2.38. The first-order chi connectivity index (χ1) is 16.2. The molecule has 1 aliphatic rings. The Bertz CT molecular complexity index is 1160. The topological polar surface area (TPSA) is 91.5 Å². The Labute approximate surface area is 205 Å². The maximum Gasteiger partial charge on any atom is 0.339 e. The molecule has 2 heterocycles. The summed E-state index contributed by atoms with van der Waals surface area (Å²) in [7, 11) is 0. The van der Waals surface area contributed by atoms with E-state index < -0.39 is 5.97 Å². The summed E-state index contributed by atoms with van der Waals surface area (Å²) in [6, 6.07) is 6.67. The molecular formula is C26H34N4O3S. The van der Waals surface area contributed by atoms with E-state index in [1.807, 2.05) is 26.0 Å². The molecule has 7 nitrogen and oxygen atoms in total. The van der Waals surface area contributed by atoms with Crippen LogP contribution in [0.1, 0.15) is 73.7 Å². The monoisotopic (exact) mass is 482 g/mol. The van der Waals surface area contributed by atoms with E-state index in [1.165, 1.54) is 43.6 Å². The molecule has 3 aromatic rings. The van der Waals surface area contributed by atoms with E-state index in [9.17, 15) is 9.90 Å². The fourth-order valence-electron chi connectivity index (χ4n) is 5.02. The van der Waals surface area contributed by atoms with Gasteiger partial charge >= 0.3 is 5.97 Å². The Morgan fingerprint density at radius 3 is 2.56 bits per heavy atom. The lowest BCUT2D eigenvalue weighted by molar-refractivity contribution is 0.0696. The number of nitrogens with one attached hydrogen (secondary N) is 1. The van der Waals surface area contributed by atoms with Gasteiger partial charge in [0, 0.05) is 29.7 Å². The van der Waals surface area contributed by atoms with Gasteiger partial charge in [0.25, 0.3) is 0 Å². The zero-order chi connectivity index (χ0) is 24.4. The predicted octanol–water partition coefficient (Wildman–Crippen LogP) is 6.96. The second kappa shape index (κ2) is 10.2. The third-order valence-corrected chi connectivity index (χ3v) is 7.14. The molecule has 2 N–H and O–H groups in total. The fourth-order valence-corrected chi connectivity index (χ4v) is 5.61. The quantitative estimate of drug-likeness (QED) is 0.358. The molecule has 0 saturated heterocycles. The number of benzene rings is 1. The second-order valence-corrected chi connectivity index (χ2v) is 10.4. The molecule has 0 unspecified atom stereocenters. The molecule has 8 heteroatoms. The van der Waals surface area contributed by atoms with Crippen molar-refractivity contribution in [2.75, 3.05) is 16.8 Å². The van der Waals surface area contributed by atoms with Gasteiger partial charge in [0.2, 0.25) is 5.13 Å². The van der Waals surface area contributed by atoms with Gasteiger partial charge in [-0.15, -0.1) is 0 Å². The summed E-state index contributed by atoms with van der Waals surface area (Å²) in [5.74, 6) is 1.28. The smallest absolute Gasteiger partial charge is 0.339 e. The van der Waals surface area contributed by atoms with Crippen LogP contribution in [-0.2, 0) is 0 Å². The molecule has 1 saturated carbocycles. The van der Waals surface area contributed by atoms with Gasteiger partial charge in [-0.25, -0.2) is 9.78 Å². The van der Waals surface area contributed by atoms with Crippen LogP contribution in [0.3, 0.4) is 0 Å². The predicted molar refractivity (Wildman–Crippen MR) is 138 cm³/mol. The first-order valence-electron chi connectivity index (χ1n) is 12.1. The van der Waals surface area contributed by atoms with Crippen LogP contribution in [0.15, 0.2) is 22.6 Å². The fraction of sp³-hybridized carbons (Fsp3) is 0.500. The third kappa shape index (κ3) is 5.12. The Kier molecular flexibility index (Phi) is 7.26. The number of carbonyl (C=O) groups is 1. The second-order valence-electron chi connectivity index (χ2n) is 9.61. The van der Waals surface area contributed by atoms with Gasteiger partial charge < -0.3 is 19.7 Å². The van der Waals surface area contributed by atoms with E-state index in [0.29, 0.717) is 29.0 Å². The molecular weight excluding hydrogens is 448 g/mol. The number of hydrogen-bond acceptors (Lipinski definition) is 7. The zero-order valence-corrected chi connectivity index (χ0v) is 21.5. The highest BCUT2D eigenvalue weighted by Crippen LogP contribution is 2.40. The number of anilines is 3. The van der Waals surface area contributed by atoms with Gasteiger partial charge in [-0.3, -0.25) is 0 Å². The van der Waals surface area contributed by atoms with Gasteiger partial charge in [0.1, 0.15) is 22.9 Å².